The van der Waals surface area contributed by atoms with Crippen molar-refractivity contribution in [3.05, 3.63) is 29.8 Å². The van der Waals surface area contributed by atoms with E-state index < -0.39 is 18.5 Å². The maximum absolute atomic E-state index is 11.8. The molecule has 17 heavy (non-hydrogen) atoms. The average molecular weight is 273 g/mol. The summed E-state index contributed by atoms with van der Waals surface area (Å²) in [6.45, 7) is 1.91. The molecule has 1 aromatic rings. The highest BCUT2D eigenvalue weighted by molar-refractivity contribution is 7.91. The minimum atomic E-state index is -3.40. The van der Waals surface area contributed by atoms with Gasteiger partial charge in [0.05, 0.1) is 11.5 Å². The summed E-state index contributed by atoms with van der Waals surface area (Å²) in [5, 5.41) is 0. The summed E-state index contributed by atoms with van der Waals surface area (Å²) in [6, 6.07) is 6.56. The van der Waals surface area contributed by atoms with Crippen LogP contribution in [0.4, 0.5) is 0 Å². The average Bonchev–Trinajstić information content (AvgIpc) is 2.29. The van der Waals surface area contributed by atoms with E-state index in [0.717, 1.165) is 5.56 Å². The van der Waals surface area contributed by atoms with Gasteiger partial charge in [-0.05, 0) is 19.1 Å². The van der Waals surface area contributed by atoms with Gasteiger partial charge in [-0.1, -0.05) is 17.7 Å². The van der Waals surface area contributed by atoms with Crippen LogP contribution >= 0.6 is 8.69 Å². The fraction of sp³-hybridized carbons (Fsp3) is 0.300. The minimum Gasteiger partial charge on any atom is -0.289 e. The van der Waals surface area contributed by atoms with Crippen molar-refractivity contribution in [2.24, 2.45) is 4.99 Å². The molecule has 92 valence electrons. The van der Waals surface area contributed by atoms with E-state index in [1.54, 1.807) is 24.3 Å². The Morgan fingerprint density at radius 2 is 2.00 bits per heavy atom. The second-order valence-electron chi connectivity index (χ2n) is 3.29. The highest BCUT2D eigenvalue weighted by Crippen LogP contribution is 2.12. The maximum atomic E-state index is 11.8. The monoisotopic (exact) mass is 273 g/mol. The van der Waals surface area contributed by atoms with Crippen LogP contribution in [0.3, 0.4) is 0 Å². The van der Waals surface area contributed by atoms with E-state index in [1.165, 1.54) is 6.21 Å². The summed E-state index contributed by atoms with van der Waals surface area (Å²) < 4.78 is 37.9. The molecule has 7 heteroatoms. The molecule has 1 aromatic carbocycles. The normalized spacial score (nSPS) is 12.3. The highest BCUT2D eigenvalue weighted by Gasteiger charge is 2.12. The van der Waals surface area contributed by atoms with Gasteiger partial charge in [0, 0.05) is 6.21 Å². The molecule has 0 aliphatic heterocycles. The van der Waals surface area contributed by atoms with Gasteiger partial charge in [0.25, 0.3) is 0 Å². The Balaban J connectivity index is 2.66. The third-order valence-electron chi connectivity index (χ3n) is 1.96. The van der Waals surface area contributed by atoms with Crippen molar-refractivity contribution >= 4 is 24.7 Å². The van der Waals surface area contributed by atoms with Crippen molar-refractivity contribution in [2.75, 3.05) is 12.5 Å². The number of sulfone groups is 1. The quantitative estimate of drug-likeness (QED) is 0.451. The Kier molecular flexibility index (Phi) is 5.41. The van der Waals surface area contributed by atoms with Crippen molar-refractivity contribution < 1.29 is 17.5 Å². The van der Waals surface area contributed by atoms with Crippen LogP contribution in [0, 0.1) is 6.92 Å². The van der Waals surface area contributed by atoms with Crippen LogP contribution in [0.1, 0.15) is 5.56 Å². The van der Waals surface area contributed by atoms with Gasteiger partial charge in [-0.3, -0.25) is 9.52 Å². The lowest BCUT2D eigenvalue weighted by Crippen LogP contribution is -2.05. The zero-order valence-electron chi connectivity index (χ0n) is 9.24. The lowest BCUT2D eigenvalue weighted by Gasteiger charge is -2.01. The summed E-state index contributed by atoms with van der Waals surface area (Å²) in [6.07, 6.45) is 1.27. The van der Waals surface area contributed by atoms with E-state index in [4.69, 9.17) is 0 Å². The topological polar surface area (TPSA) is 72.8 Å². The predicted octanol–water partition coefficient (Wildman–Crippen LogP) is 2.02. The number of rotatable bonds is 6. The fourth-order valence-corrected chi connectivity index (χ4v) is 2.22. The SMILES string of the molecule is Cc1ccc(S(=O)(=O)C/N=C/COP=O)cc1. The van der Waals surface area contributed by atoms with Crippen molar-refractivity contribution in [2.45, 2.75) is 11.8 Å². The van der Waals surface area contributed by atoms with E-state index in [9.17, 15) is 13.0 Å². The molecule has 0 unspecified atom stereocenters. The molecular weight excluding hydrogens is 261 g/mol. The van der Waals surface area contributed by atoms with Gasteiger partial charge in [0.15, 0.2) is 9.84 Å². The molecule has 0 aliphatic carbocycles. The van der Waals surface area contributed by atoms with Crippen LogP contribution in [-0.2, 0) is 18.9 Å². The van der Waals surface area contributed by atoms with E-state index in [1.807, 2.05) is 6.92 Å². The Hall–Kier alpha value is -1.10. The van der Waals surface area contributed by atoms with Crippen LogP contribution in [0.25, 0.3) is 0 Å². The van der Waals surface area contributed by atoms with E-state index in [2.05, 4.69) is 9.52 Å². The molecule has 0 aliphatic rings. The zero-order chi connectivity index (χ0) is 12.7. The first-order chi connectivity index (χ1) is 8.06. The molecule has 0 amide bonds. The maximum Gasteiger partial charge on any atom is 0.327 e. The summed E-state index contributed by atoms with van der Waals surface area (Å²) in [5.41, 5.74) is 0.996. The molecule has 0 atom stereocenters. The largest absolute Gasteiger partial charge is 0.327 e. The lowest BCUT2D eigenvalue weighted by atomic mass is 10.2. The molecule has 0 N–H and O–H groups in total. The van der Waals surface area contributed by atoms with Gasteiger partial charge in [-0.2, -0.15) is 0 Å². The van der Waals surface area contributed by atoms with Gasteiger partial charge in [0.2, 0.25) is 0 Å². The molecular formula is C10H12NO4PS. The number of hydrogen-bond acceptors (Lipinski definition) is 5. The lowest BCUT2D eigenvalue weighted by molar-refractivity contribution is 0.403. The summed E-state index contributed by atoms with van der Waals surface area (Å²) in [5.74, 6) is -0.338. The Morgan fingerprint density at radius 1 is 1.35 bits per heavy atom. The van der Waals surface area contributed by atoms with Crippen molar-refractivity contribution in [3.63, 3.8) is 0 Å². The molecule has 0 saturated carbocycles. The van der Waals surface area contributed by atoms with E-state index in [-0.39, 0.29) is 17.4 Å². The molecule has 0 aromatic heterocycles. The molecule has 1 rings (SSSR count). The predicted molar refractivity (Wildman–Crippen MR) is 65.3 cm³/mol. The highest BCUT2D eigenvalue weighted by atomic mass is 32.2. The van der Waals surface area contributed by atoms with Crippen molar-refractivity contribution in [1.82, 2.24) is 0 Å². The van der Waals surface area contributed by atoms with E-state index in [0.29, 0.717) is 0 Å². The second-order valence-corrected chi connectivity index (χ2v) is 5.66. The number of nitrogens with zero attached hydrogens (tertiary/aromatic N) is 1. The Bertz CT molecular complexity index is 496. The number of benzene rings is 1. The van der Waals surface area contributed by atoms with Gasteiger partial charge < -0.3 is 0 Å². The zero-order valence-corrected chi connectivity index (χ0v) is 10.9. The fourth-order valence-electron chi connectivity index (χ4n) is 1.09. The molecule has 0 fully saturated rings. The van der Waals surface area contributed by atoms with Gasteiger partial charge >= 0.3 is 8.69 Å². The van der Waals surface area contributed by atoms with Crippen molar-refractivity contribution in [1.29, 1.82) is 0 Å². The number of aryl methyl sites for hydroxylation is 1. The smallest absolute Gasteiger partial charge is 0.289 e. The third kappa shape index (κ3) is 4.73. The van der Waals surface area contributed by atoms with Crippen molar-refractivity contribution in [3.8, 4) is 0 Å². The molecule has 5 nitrogen and oxygen atoms in total. The Morgan fingerprint density at radius 3 is 2.59 bits per heavy atom. The molecule has 0 bridgehead atoms. The first-order valence-corrected chi connectivity index (χ1v) is 7.17. The van der Waals surface area contributed by atoms with Crippen LogP contribution in [0.5, 0.6) is 0 Å². The van der Waals surface area contributed by atoms with Gasteiger partial charge in [-0.15, -0.1) is 0 Å². The van der Waals surface area contributed by atoms with Crippen LogP contribution in [-0.4, -0.2) is 27.1 Å². The molecule has 0 radical (unpaired) electrons. The minimum absolute atomic E-state index is 0.0223. The van der Waals surface area contributed by atoms with Crippen LogP contribution < -0.4 is 0 Å². The standard InChI is InChI=1S/C10H12NO4PS/c1-9-2-4-10(5-3-9)17(13,14)8-11-6-7-15-16-12/h2-6H,7-8H2,1H3/b11-6+. The molecule has 0 saturated heterocycles. The van der Waals surface area contributed by atoms with Crippen LogP contribution in [0.2, 0.25) is 0 Å². The molecule has 0 heterocycles. The summed E-state index contributed by atoms with van der Waals surface area (Å²) >= 11 is 0. The second kappa shape index (κ2) is 6.59. The number of aliphatic imine (C=N–C) groups is 1. The Labute approximate surface area is 102 Å². The summed E-state index contributed by atoms with van der Waals surface area (Å²) in [4.78, 5) is 3.94. The summed E-state index contributed by atoms with van der Waals surface area (Å²) in [7, 11) is -3.85. The first kappa shape index (κ1) is 14.0. The van der Waals surface area contributed by atoms with E-state index >= 15 is 0 Å². The number of hydrogen-bond donors (Lipinski definition) is 0. The third-order valence-corrected chi connectivity index (χ3v) is 3.69. The molecule has 0 spiro atoms. The van der Waals surface area contributed by atoms with Gasteiger partial charge in [-0.25, -0.2) is 13.0 Å². The van der Waals surface area contributed by atoms with Crippen LogP contribution in [0.15, 0.2) is 34.2 Å². The first-order valence-electron chi connectivity index (χ1n) is 4.78. The van der Waals surface area contributed by atoms with Gasteiger partial charge in [0.1, 0.15) is 5.88 Å².